The zero-order valence-corrected chi connectivity index (χ0v) is 11.3. The quantitative estimate of drug-likeness (QED) is 0.847. The van der Waals surface area contributed by atoms with Crippen LogP contribution in [0.15, 0.2) is 18.2 Å². The first kappa shape index (κ1) is 12.2. The molecule has 1 fully saturated rings. The van der Waals surface area contributed by atoms with Crippen LogP contribution in [-0.4, -0.2) is 6.54 Å². The van der Waals surface area contributed by atoms with Crippen LogP contribution < -0.4 is 5.73 Å². The van der Waals surface area contributed by atoms with Crippen LogP contribution in [0.25, 0.3) is 0 Å². The Hall–Kier alpha value is -0.890. The number of fused-ring (bicyclic) bond motifs is 2. The third kappa shape index (κ3) is 1.48. The molecule has 1 spiro atoms. The van der Waals surface area contributed by atoms with Gasteiger partial charge in [0.15, 0.2) is 0 Å². The lowest BCUT2D eigenvalue weighted by Gasteiger charge is -2.45. The van der Waals surface area contributed by atoms with Crippen LogP contribution in [0, 0.1) is 11.2 Å². The summed E-state index contributed by atoms with van der Waals surface area (Å²) in [6.07, 6.45) is 4.39. The Morgan fingerprint density at radius 2 is 2.06 bits per heavy atom. The smallest absolute Gasteiger partial charge is 0.127 e. The zero-order valence-electron chi connectivity index (χ0n) is 11.3. The molecule has 18 heavy (non-hydrogen) atoms. The summed E-state index contributed by atoms with van der Waals surface area (Å²) in [6.45, 7) is 5.29. The molecule has 1 aromatic carbocycles. The van der Waals surface area contributed by atoms with Gasteiger partial charge in [-0.05, 0) is 60.8 Å². The van der Waals surface area contributed by atoms with Crippen molar-refractivity contribution in [1.82, 2.24) is 0 Å². The van der Waals surface area contributed by atoms with E-state index < -0.39 is 0 Å². The van der Waals surface area contributed by atoms with Gasteiger partial charge in [-0.25, -0.2) is 4.39 Å². The molecule has 98 valence electrons. The van der Waals surface area contributed by atoms with E-state index in [9.17, 15) is 4.39 Å². The van der Waals surface area contributed by atoms with Crippen LogP contribution in [0.3, 0.4) is 0 Å². The summed E-state index contributed by atoms with van der Waals surface area (Å²) in [7, 11) is 0. The first-order chi connectivity index (χ1) is 8.52. The molecular weight excluding hydrogens is 225 g/mol. The number of hydrogen-bond donors (Lipinski definition) is 1. The Kier molecular flexibility index (Phi) is 2.57. The van der Waals surface area contributed by atoms with Gasteiger partial charge in [0.25, 0.3) is 0 Å². The van der Waals surface area contributed by atoms with Gasteiger partial charge in [0, 0.05) is 5.41 Å². The summed E-state index contributed by atoms with van der Waals surface area (Å²) in [4.78, 5) is 0. The summed E-state index contributed by atoms with van der Waals surface area (Å²) in [6, 6.07) is 5.60. The SMILES string of the molecule is CC1(C)CC(CCN)c2cccc(F)c2C12CC2. The Labute approximate surface area is 109 Å². The highest BCUT2D eigenvalue weighted by atomic mass is 19.1. The largest absolute Gasteiger partial charge is 0.330 e. The summed E-state index contributed by atoms with van der Waals surface area (Å²) in [5.41, 5.74) is 8.29. The standard InChI is InChI=1S/C16H22FN/c1-15(2)10-11(6-9-18)12-4-3-5-13(17)14(12)16(15)7-8-16/h3-5,11H,6-10,18H2,1-2H3. The molecule has 1 atom stereocenters. The molecule has 2 N–H and O–H groups in total. The Morgan fingerprint density at radius 1 is 1.33 bits per heavy atom. The second kappa shape index (κ2) is 3.80. The van der Waals surface area contributed by atoms with Crippen LogP contribution in [0.2, 0.25) is 0 Å². The highest BCUT2D eigenvalue weighted by Gasteiger charge is 2.60. The monoisotopic (exact) mass is 247 g/mol. The first-order valence-electron chi connectivity index (χ1n) is 7.01. The molecule has 1 saturated carbocycles. The van der Waals surface area contributed by atoms with Gasteiger partial charge in [0.1, 0.15) is 5.82 Å². The minimum atomic E-state index is -0.000188. The van der Waals surface area contributed by atoms with E-state index in [1.165, 1.54) is 5.56 Å². The lowest BCUT2D eigenvalue weighted by Crippen LogP contribution is -2.38. The zero-order chi connectivity index (χ0) is 13.0. The predicted octanol–water partition coefficient (Wildman–Crippen LogP) is 3.72. The molecule has 0 aliphatic heterocycles. The second-order valence-corrected chi connectivity index (χ2v) is 6.65. The van der Waals surface area contributed by atoms with Gasteiger partial charge < -0.3 is 5.73 Å². The number of halogens is 1. The fraction of sp³-hybridized carbons (Fsp3) is 0.625. The van der Waals surface area contributed by atoms with Crippen LogP contribution >= 0.6 is 0 Å². The van der Waals surface area contributed by atoms with E-state index in [0.717, 1.165) is 31.2 Å². The molecule has 0 saturated heterocycles. The van der Waals surface area contributed by atoms with Crippen molar-refractivity contribution in [3.8, 4) is 0 Å². The Bertz CT molecular complexity index is 474. The Morgan fingerprint density at radius 3 is 2.67 bits per heavy atom. The molecule has 0 aromatic heterocycles. The number of rotatable bonds is 2. The molecule has 0 radical (unpaired) electrons. The maximum Gasteiger partial charge on any atom is 0.127 e. The van der Waals surface area contributed by atoms with Gasteiger partial charge in [-0.15, -0.1) is 0 Å². The number of hydrogen-bond acceptors (Lipinski definition) is 1. The average Bonchev–Trinajstić information content (AvgIpc) is 3.08. The van der Waals surface area contributed by atoms with Crippen molar-refractivity contribution >= 4 is 0 Å². The van der Waals surface area contributed by atoms with E-state index in [0.29, 0.717) is 12.5 Å². The average molecular weight is 247 g/mol. The van der Waals surface area contributed by atoms with Gasteiger partial charge in [0.2, 0.25) is 0 Å². The third-order valence-electron chi connectivity index (χ3n) is 5.28. The van der Waals surface area contributed by atoms with Crippen molar-refractivity contribution in [2.75, 3.05) is 6.54 Å². The van der Waals surface area contributed by atoms with Crippen molar-refractivity contribution in [2.24, 2.45) is 11.1 Å². The molecule has 0 amide bonds. The summed E-state index contributed by atoms with van der Waals surface area (Å²) in [5.74, 6) is 0.432. The Balaban J connectivity index is 2.16. The van der Waals surface area contributed by atoms with E-state index in [4.69, 9.17) is 5.73 Å². The van der Waals surface area contributed by atoms with E-state index in [1.54, 1.807) is 6.07 Å². The van der Waals surface area contributed by atoms with E-state index in [-0.39, 0.29) is 16.6 Å². The maximum absolute atomic E-state index is 14.3. The second-order valence-electron chi connectivity index (χ2n) is 6.65. The van der Waals surface area contributed by atoms with Crippen LogP contribution in [-0.2, 0) is 5.41 Å². The van der Waals surface area contributed by atoms with Crippen LogP contribution in [0.1, 0.15) is 56.6 Å². The van der Waals surface area contributed by atoms with Crippen molar-refractivity contribution in [1.29, 1.82) is 0 Å². The summed E-state index contributed by atoms with van der Waals surface area (Å²) >= 11 is 0. The van der Waals surface area contributed by atoms with Crippen molar-refractivity contribution < 1.29 is 4.39 Å². The molecule has 2 aliphatic rings. The van der Waals surface area contributed by atoms with Crippen molar-refractivity contribution in [2.45, 2.75) is 50.9 Å². The minimum Gasteiger partial charge on any atom is -0.330 e. The normalized spacial score (nSPS) is 27.0. The van der Waals surface area contributed by atoms with E-state index in [1.807, 2.05) is 6.07 Å². The number of benzene rings is 1. The van der Waals surface area contributed by atoms with Crippen LogP contribution in [0.4, 0.5) is 4.39 Å². The third-order valence-corrected chi connectivity index (χ3v) is 5.28. The topological polar surface area (TPSA) is 26.0 Å². The number of nitrogens with two attached hydrogens (primary N) is 1. The molecule has 0 heterocycles. The van der Waals surface area contributed by atoms with E-state index >= 15 is 0 Å². The lowest BCUT2D eigenvalue weighted by molar-refractivity contribution is 0.192. The molecule has 2 heteroatoms. The molecule has 0 bridgehead atoms. The fourth-order valence-electron chi connectivity index (χ4n) is 4.16. The van der Waals surface area contributed by atoms with E-state index in [2.05, 4.69) is 19.9 Å². The predicted molar refractivity (Wildman–Crippen MR) is 72.1 cm³/mol. The molecule has 3 rings (SSSR count). The molecule has 2 aliphatic carbocycles. The van der Waals surface area contributed by atoms with Gasteiger partial charge >= 0.3 is 0 Å². The molecule has 1 nitrogen and oxygen atoms in total. The summed E-state index contributed by atoms with van der Waals surface area (Å²) in [5, 5.41) is 0. The van der Waals surface area contributed by atoms with Gasteiger partial charge in [0.05, 0.1) is 0 Å². The maximum atomic E-state index is 14.3. The minimum absolute atomic E-state index is 0.000188. The van der Waals surface area contributed by atoms with Gasteiger partial charge in [-0.2, -0.15) is 0 Å². The molecular formula is C16H22FN. The highest BCUT2D eigenvalue weighted by molar-refractivity contribution is 5.46. The van der Waals surface area contributed by atoms with Gasteiger partial charge in [-0.3, -0.25) is 0 Å². The van der Waals surface area contributed by atoms with Gasteiger partial charge in [-0.1, -0.05) is 26.0 Å². The molecule has 1 aromatic rings. The van der Waals surface area contributed by atoms with Crippen molar-refractivity contribution in [3.05, 3.63) is 35.1 Å². The van der Waals surface area contributed by atoms with Crippen LogP contribution in [0.5, 0.6) is 0 Å². The van der Waals surface area contributed by atoms with Crippen molar-refractivity contribution in [3.63, 3.8) is 0 Å². The highest BCUT2D eigenvalue weighted by Crippen LogP contribution is 2.67. The first-order valence-corrected chi connectivity index (χ1v) is 7.01. The fourth-order valence-corrected chi connectivity index (χ4v) is 4.16. The lowest BCUT2D eigenvalue weighted by atomic mass is 9.59. The summed E-state index contributed by atoms with van der Waals surface area (Å²) < 4.78 is 14.3. The molecule has 1 unspecified atom stereocenters.